The lowest BCUT2D eigenvalue weighted by Crippen LogP contribution is -2.04. The van der Waals surface area contributed by atoms with Crippen LogP contribution in [-0.2, 0) is 14.6 Å². The minimum Gasteiger partial charge on any atom is -0.465 e. The van der Waals surface area contributed by atoms with Crippen LogP contribution >= 0.6 is 0 Å². The highest BCUT2D eigenvalue weighted by atomic mass is 32.2. The van der Waals surface area contributed by atoms with Crippen LogP contribution < -0.4 is 4.74 Å². The van der Waals surface area contributed by atoms with E-state index in [1.165, 1.54) is 25.4 Å². The summed E-state index contributed by atoms with van der Waals surface area (Å²) in [6.07, 6.45) is 3.99. The number of rotatable bonds is 5. The van der Waals surface area contributed by atoms with E-state index in [-0.39, 0.29) is 22.1 Å². The molecule has 4 aromatic rings. The van der Waals surface area contributed by atoms with Crippen LogP contribution in [0.3, 0.4) is 0 Å². The zero-order valence-corrected chi connectivity index (χ0v) is 16.8. The van der Waals surface area contributed by atoms with Crippen LogP contribution in [-0.4, -0.2) is 47.7 Å². The summed E-state index contributed by atoms with van der Waals surface area (Å²) >= 11 is 0. The zero-order chi connectivity index (χ0) is 21.3. The second kappa shape index (κ2) is 7.56. The normalized spacial score (nSPS) is 11.4. The maximum absolute atomic E-state index is 12.3. The van der Waals surface area contributed by atoms with Gasteiger partial charge in [-0.25, -0.2) is 23.2 Å². The number of benzene rings is 1. The molecule has 1 aromatic carbocycles. The predicted molar refractivity (Wildman–Crippen MR) is 108 cm³/mol. The van der Waals surface area contributed by atoms with Crippen LogP contribution in [0.5, 0.6) is 11.5 Å². The summed E-state index contributed by atoms with van der Waals surface area (Å²) in [6.45, 7) is 0. The van der Waals surface area contributed by atoms with Gasteiger partial charge in [0.25, 0.3) is 0 Å². The Hall–Kier alpha value is -3.79. The number of fused-ring (bicyclic) bond motifs is 1. The number of sulfone groups is 1. The van der Waals surface area contributed by atoms with Gasteiger partial charge in [-0.15, -0.1) is 0 Å². The molecule has 152 valence electrons. The van der Waals surface area contributed by atoms with E-state index in [1.807, 2.05) is 12.1 Å². The van der Waals surface area contributed by atoms with Gasteiger partial charge in [0.1, 0.15) is 22.8 Å². The third-order valence-corrected chi connectivity index (χ3v) is 5.21. The average Bonchev–Trinajstić information content (AvgIpc) is 3.16. The number of hydrogen-bond donors (Lipinski definition) is 1. The number of aromatic nitrogens is 4. The van der Waals surface area contributed by atoms with E-state index in [0.29, 0.717) is 22.6 Å². The Morgan fingerprint density at radius 1 is 1.10 bits per heavy atom. The van der Waals surface area contributed by atoms with Gasteiger partial charge in [-0.1, -0.05) is 6.07 Å². The molecule has 0 fully saturated rings. The van der Waals surface area contributed by atoms with Crippen LogP contribution in [0.15, 0.2) is 59.9 Å². The van der Waals surface area contributed by atoms with Crippen LogP contribution in [0.2, 0.25) is 0 Å². The lowest BCUT2D eigenvalue weighted by molar-refractivity contribution is 0.0598. The van der Waals surface area contributed by atoms with Crippen molar-refractivity contribution in [2.45, 2.75) is 5.03 Å². The Morgan fingerprint density at radius 2 is 1.93 bits per heavy atom. The van der Waals surface area contributed by atoms with E-state index >= 15 is 0 Å². The highest BCUT2D eigenvalue weighted by Crippen LogP contribution is 2.31. The Balaban J connectivity index is 1.76. The number of methoxy groups -OCH3 is 1. The van der Waals surface area contributed by atoms with Crippen molar-refractivity contribution in [3.63, 3.8) is 0 Å². The smallest absolute Gasteiger partial charge is 0.341 e. The molecule has 30 heavy (non-hydrogen) atoms. The molecular weight excluding hydrogens is 408 g/mol. The maximum atomic E-state index is 12.3. The van der Waals surface area contributed by atoms with Crippen molar-refractivity contribution in [2.24, 2.45) is 0 Å². The zero-order valence-electron chi connectivity index (χ0n) is 16.0. The van der Waals surface area contributed by atoms with Gasteiger partial charge < -0.3 is 14.5 Å². The fraction of sp³-hybridized carbons (Fsp3) is 0.100. The van der Waals surface area contributed by atoms with Gasteiger partial charge in [0.15, 0.2) is 20.7 Å². The summed E-state index contributed by atoms with van der Waals surface area (Å²) in [5, 5.41) is -0.0768. The Kier molecular flexibility index (Phi) is 4.92. The van der Waals surface area contributed by atoms with E-state index in [9.17, 15) is 13.2 Å². The van der Waals surface area contributed by atoms with Gasteiger partial charge in [0.05, 0.1) is 24.3 Å². The summed E-state index contributed by atoms with van der Waals surface area (Å²) in [4.78, 5) is 28.1. The first-order chi connectivity index (χ1) is 14.3. The molecule has 9 nitrogen and oxygen atoms in total. The molecular formula is C20H16N4O5S. The number of H-pyrrole nitrogens is 1. The molecule has 3 heterocycles. The second-order valence-electron chi connectivity index (χ2n) is 6.36. The predicted octanol–water partition coefficient (Wildman–Crippen LogP) is 3.00. The minimum absolute atomic E-state index is 0.0768. The molecule has 0 saturated carbocycles. The van der Waals surface area contributed by atoms with Gasteiger partial charge >= 0.3 is 5.97 Å². The van der Waals surface area contributed by atoms with Gasteiger partial charge in [-0.3, -0.25) is 4.98 Å². The van der Waals surface area contributed by atoms with Crippen LogP contribution in [0.4, 0.5) is 0 Å². The maximum Gasteiger partial charge on any atom is 0.341 e. The van der Waals surface area contributed by atoms with Gasteiger partial charge in [0, 0.05) is 18.5 Å². The fourth-order valence-corrected chi connectivity index (χ4v) is 3.35. The number of nitrogens with one attached hydrogen (secondary N) is 1. The molecule has 0 aliphatic carbocycles. The Morgan fingerprint density at radius 3 is 2.57 bits per heavy atom. The van der Waals surface area contributed by atoms with Crippen LogP contribution in [0.1, 0.15) is 10.4 Å². The first-order valence-corrected chi connectivity index (χ1v) is 10.6. The third kappa shape index (κ3) is 3.85. The quantitative estimate of drug-likeness (QED) is 0.485. The number of hydrogen-bond acceptors (Lipinski definition) is 8. The molecule has 4 rings (SSSR count). The summed E-state index contributed by atoms with van der Waals surface area (Å²) in [7, 11) is -2.16. The van der Waals surface area contributed by atoms with Crippen LogP contribution in [0.25, 0.3) is 22.6 Å². The number of ether oxygens (including phenoxy) is 2. The molecule has 10 heteroatoms. The van der Waals surface area contributed by atoms with E-state index in [4.69, 9.17) is 9.47 Å². The minimum atomic E-state index is -3.43. The summed E-state index contributed by atoms with van der Waals surface area (Å²) in [5.74, 6) is 0.406. The SMILES string of the molecule is COC(=O)c1cc2nc(-c3ccccn3)[nH]c2cc1Oc1ccc(S(C)(=O)=O)nc1. The Bertz CT molecular complexity index is 1330. The molecule has 3 aromatic heterocycles. The van der Waals surface area contributed by atoms with Crippen molar-refractivity contribution >= 4 is 26.8 Å². The molecule has 0 atom stereocenters. The van der Waals surface area contributed by atoms with Crippen molar-refractivity contribution in [1.29, 1.82) is 0 Å². The number of carbonyl (C=O) groups excluding carboxylic acids is 1. The molecule has 0 saturated heterocycles. The van der Waals surface area contributed by atoms with Crippen molar-refractivity contribution in [1.82, 2.24) is 19.9 Å². The molecule has 0 aliphatic rings. The molecule has 0 bridgehead atoms. The lowest BCUT2D eigenvalue weighted by atomic mass is 10.1. The highest BCUT2D eigenvalue weighted by molar-refractivity contribution is 7.90. The van der Waals surface area contributed by atoms with Crippen molar-refractivity contribution < 1.29 is 22.7 Å². The molecule has 0 aliphatic heterocycles. The summed E-state index contributed by atoms with van der Waals surface area (Å²) in [5.41, 5.74) is 1.97. The van der Waals surface area contributed by atoms with Crippen molar-refractivity contribution in [2.75, 3.05) is 13.4 Å². The lowest BCUT2D eigenvalue weighted by Gasteiger charge is -2.10. The van der Waals surface area contributed by atoms with E-state index < -0.39 is 15.8 Å². The molecule has 1 N–H and O–H groups in total. The van der Waals surface area contributed by atoms with E-state index in [1.54, 1.807) is 24.4 Å². The van der Waals surface area contributed by atoms with Crippen LogP contribution in [0, 0.1) is 0 Å². The summed E-state index contributed by atoms with van der Waals surface area (Å²) < 4.78 is 33.8. The van der Waals surface area contributed by atoms with E-state index in [2.05, 4.69) is 19.9 Å². The standard InChI is InChI=1S/C20H16N4O5S/c1-28-20(25)13-9-15-16(24-19(23-15)14-5-3-4-8-21-14)10-17(13)29-12-6-7-18(22-11-12)30(2,26)27/h3-11H,1-2H3,(H,23,24). The monoisotopic (exact) mass is 424 g/mol. The second-order valence-corrected chi connectivity index (χ2v) is 8.33. The molecule has 0 spiro atoms. The van der Waals surface area contributed by atoms with Crippen molar-refractivity contribution in [3.8, 4) is 23.0 Å². The number of esters is 1. The number of pyridine rings is 2. The molecule has 0 radical (unpaired) electrons. The molecule has 0 amide bonds. The molecule has 0 unspecified atom stereocenters. The third-order valence-electron chi connectivity index (χ3n) is 4.21. The van der Waals surface area contributed by atoms with Gasteiger partial charge in [0.2, 0.25) is 0 Å². The Labute approximate surface area is 171 Å². The number of carbonyl (C=O) groups is 1. The number of nitrogens with zero attached hydrogens (tertiary/aromatic N) is 3. The fourth-order valence-electron chi connectivity index (χ4n) is 2.79. The summed E-state index contributed by atoms with van der Waals surface area (Å²) in [6, 6.07) is 11.4. The first kappa shape index (κ1) is 19.5. The highest BCUT2D eigenvalue weighted by Gasteiger charge is 2.18. The van der Waals surface area contributed by atoms with Gasteiger partial charge in [-0.2, -0.15) is 0 Å². The van der Waals surface area contributed by atoms with E-state index in [0.717, 1.165) is 6.26 Å². The topological polar surface area (TPSA) is 124 Å². The average molecular weight is 424 g/mol. The first-order valence-electron chi connectivity index (χ1n) is 8.72. The number of imidazole rings is 1. The van der Waals surface area contributed by atoms with Crippen molar-refractivity contribution in [3.05, 3.63) is 60.4 Å². The van der Waals surface area contributed by atoms with Gasteiger partial charge in [-0.05, 0) is 30.3 Å². The largest absolute Gasteiger partial charge is 0.465 e. The number of aromatic amines is 1.